The summed E-state index contributed by atoms with van der Waals surface area (Å²) in [6.07, 6.45) is 4.06. The molecule has 0 spiro atoms. The van der Waals surface area contributed by atoms with Gasteiger partial charge < -0.3 is 9.64 Å². The van der Waals surface area contributed by atoms with Gasteiger partial charge in [0.25, 0.3) is 0 Å². The maximum atomic E-state index is 13.5. The molecule has 0 N–H and O–H groups in total. The topological polar surface area (TPSA) is 42.7 Å². The van der Waals surface area contributed by atoms with Crippen LogP contribution < -0.4 is 0 Å². The van der Waals surface area contributed by atoms with Crippen LogP contribution in [0.3, 0.4) is 0 Å². The molecule has 0 atom stereocenters. The summed E-state index contributed by atoms with van der Waals surface area (Å²) < 4.78 is 20.4. The van der Waals surface area contributed by atoms with E-state index in [1.807, 2.05) is 28.9 Å². The highest BCUT2D eigenvalue weighted by Gasteiger charge is 2.23. The Hall–Kier alpha value is -2.31. The number of fused-ring (bicyclic) bond motifs is 1. The molecular weight excluding hydrogens is 331 g/mol. The van der Waals surface area contributed by atoms with E-state index in [2.05, 4.69) is 4.90 Å². The first-order valence-electron chi connectivity index (χ1n) is 9.06. The molecule has 136 valence electrons. The van der Waals surface area contributed by atoms with Crippen molar-refractivity contribution in [2.45, 2.75) is 18.8 Å². The van der Waals surface area contributed by atoms with E-state index >= 15 is 0 Å². The zero-order valence-electron chi connectivity index (χ0n) is 14.9. The highest BCUT2D eigenvalue weighted by Crippen LogP contribution is 2.27. The van der Waals surface area contributed by atoms with E-state index in [0.717, 1.165) is 61.7 Å². The van der Waals surface area contributed by atoms with E-state index in [1.165, 1.54) is 12.1 Å². The molecule has 3 heterocycles. The third-order valence-corrected chi connectivity index (χ3v) is 5.07. The molecule has 0 bridgehead atoms. The van der Waals surface area contributed by atoms with Crippen molar-refractivity contribution in [2.24, 2.45) is 0 Å². The number of hydrogen-bond acceptors (Lipinski definition) is 4. The van der Waals surface area contributed by atoms with E-state index in [9.17, 15) is 4.39 Å². The smallest absolute Gasteiger partial charge is 0.155 e. The third kappa shape index (κ3) is 3.61. The molecule has 26 heavy (non-hydrogen) atoms. The molecule has 1 aromatic carbocycles. The van der Waals surface area contributed by atoms with Crippen LogP contribution in [0.1, 0.15) is 24.6 Å². The normalized spacial score (nSPS) is 16.4. The molecule has 0 saturated carbocycles. The Morgan fingerprint density at radius 2 is 2.00 bits per heavy atom. The molecule has 0 radical (unpaired) electrons. The lowest BCUT2D eigenvalue weighted by Crippen LogP contribution is -2.35. The Labute approximate surface area is 152 Å². The second-order valence-corrected chi connectivity index (χ2v) is 6.81. The van der Waals surface area contributed by atoms with Crippen LogP contribution in [0.25, 0.3) is 16.8 Å². The fourth-order valence-electron chi connectivity index (χ4n) is 3.55. The van der Waals surface area contributed by atoms with Gasteiger partial charge in [-0.05, 0) is 55.8 Å². The summed E-state index contributed by atoms with van der Waals surface area (Å²) in [5.74, 6) is 1.07. The average Bonchev–Trinajstić information content (AvgIpc) is 3.10. The number of aromatic nitrogens is 3. The average molecular weight is 354 g/mol. The number of benzene rings is 1. The van der Waals surface area contributed by atoms with Crippen molar-refractivity contribution in [1.29, 1.82) is 0 Å². The number of pyridine rings is 1. The first-order valence-corrected chi connectivity index (χ1v) is 9.06. The fraction of sp³-hybridized carbons (Fsp3) is 0.400. The van der Waals surface area contributed by atoms with Crippen molar-refractivity contribution in [3.05, 3.63) is 54.2 Å². The molecule has 0 aliphatic carbocycles. The van der Waals surface area contributed by atoms with E-state index in [-0.39, 0.29) is 5.82 Å². The Morgan fingerprint density at radius 3 is 2.77 bits per heavy atom. The minimum absolute atomic E-state index is 0.234. The van der Waals surface area contributed by atoms with Crippen LogP contribution in [0.4, 0.5) is 4.39 Å². The summed E-state index contributed by atoms with van der Waals surface area (Å²) in [7, 11) is 1.74. The summed E-state index contributed by atoms with van der Waals surface area (Å²) in [6.45, 7) is 3.87. The van der Waals surface area contributed by atoms with Crippen LogP contribution in [0.2, 0.25) is 0 Å². The van der Waals surface area contributed by atoms with Gasteiger partial charge in [0.1, 0.15) is 5.82 Å². The summed E-state index contributed by atoms with van der Waals surface area (Å²) in [5, 5.41) is 4.70. The molecule has 1 saturated heterocycles. The van der Waals surface area contributed by atoms with E-state index in [1.54, 1.807) is 13.2 Å². The number of likely N-dealkylation sites (tertiary alicyclic amines) is 1. The summed E-state index contributed by atoms with van der Waals surface area (Å²) in [4.78, 5) is 7.14. The number of methoxy groups -OCH3 is 1. The van der Waals surface area contributed by atoms with Crippen LogP contribution >= 0.6 is 0 Å². The second kappa shape index (κ2) is 7.51. The number of nitrogens with zero attached hydrogens (tertiary/aromatic N) is 4. The molecular formula is C20H23FN4O. The summed E-state index contributed by atoms with van der Waals surface area (Å²) in [5.41, 5.74) is 2.61. The van der Waals surface area contributed by atoms with Crippen molar-refractivity contribution < 1.29 is 9.13 Å². The van der Waals surface area contributed by atoms with Gasteiger partial charge in [-0.15, -0.1) is 0 Å². The lowest BCUT2D eigenvalue weighted by atomic mass is 9.96. The Kier molecular flexibility index (Phi) is 4.95. The lowest BCUT2D eigenvalue weighted by Gasteiger charge is -2.30. The molecule has 6 heteroatoms. The number of piperidine rings is 1. The summed E-state index contributed by atoms with van der Waals surface area (Å²) >= 11 is 0. The van der Waals surface area contributed by atoms with Gasteiger partial charge in [-0.1, -0.05) is 12.1 Å². The van der Waals surface area contributed by atoms with Crippen LogP contribution in [-0.2, 0) is 4.74 Å². The molecule has 1 aliphatic heterocycles. The number of rotatable bonds is 5. The molecule has 0 unspecified atom stereocenters. The van der Waals surface area contributed by atoms with E-state index in [4.69, 9.17) is 14.8 Å². The Bertz CT molecular complexity index is 886. The maximum absolute atomic E-state index is 13.5. The predicted molar refractivity (Wildman–Crippen MR) is 98.7 cm³/mol. The zero-order valence-corrected chi connectivity index (χ0v) is 14.9. The highest BCUT2D eigenvalue weighted by molar-refractivity contribution is 5.64. The second-order valence-electron chi connectivity index (χ2n) is 6.81. The Morgan fingerprint density at radius 1 is 1.15 bits per heavy atom. The standard InChI is InChI=1S/C20H23FN4O/c1-26-12-11-24-9-7-15(8-10-24)20-22-19-6-5-17(14-25(19)23-20)16-3-2-4-18(21)13-16/h2-6,13-15H,7-12H2,1H3. The molecule has 3 aromatic rings. The first kappa shape index (κ1) is 17.1. The minimum Gasteiger partial charge on any atom is -0.383 e. The number of halogens is 1. The fourth-order valence-corrected chi connectivity index (χ4v) is 3.55. The largest absolute Gasteiger partial charge is 0.383 e. The van der Waals surface area contributed by atoms with Crippen LogP contribution in [0, 0.1) is 5.82 Å². The number of ether oxygens (including phenoxy) is 1. The molecule has 4 rings (SSSR count). The first-order chi connectivity index (χ1) is 12.7. The van der Waals surface area contributed by atoms with Crippen molar-refractivity contribution in [2.75, 3.05) is 33.4 Å². The highest BCUT2D eigenvalue weighted by atomic mass is 19.1. The van der Waals surface area contributed by atoms with Crippen molar-refractivity contribution in [1.82, 2.24) is 19.5 Å². The lowest BCUT2D eigenvalue weighted by molar-refractivity contribution is 0.129. The molecule has 5 nitrogen and oxygen atoms in total. The van der Waals surface area contributed by atoms with Crippen molar-refractivity contribution in [3.63, 3.8) is 0 Å². The van der Waals surface area contributed by atoms with Gasteiger partial charge in [0.2, 0.25) is 0 Å². The van der Waals surface area contributed by atoms with Gasteiger partial charge in [0.05, 0.1) is 6.61 Å². The van der Waals surface area contributed by atoms with Gasteiger partial charge in [-0.3, -0.25) is 0 Å². The summed E-state index contributed by atoms with van der Waals surface area (Å²) in [6, 6.07) is 10.5. The minimum atomic E-state index is -0.234. The molecule has 1 aliphatic rings. The van der Waals surface area contributed by atoms with Crippen LogP contribution in [0.15, 0.2) is 42.6 Å². The quantitative estimate of drug-likeness (QED) is 0.705. The number of hydrogen-bond donors (Lipinski definition) is 0. The van der Waals surface area contributed by atoms with E-state index < -0.39 is 0 Å². The van der Waals surface area contributed by atoms with Gasteiger partial charge in [0, 0.05) is 31.3 Å². The van der Waals surface area contributed by atoms with Crippen LogP contribution in [0.5, 0.6) is 0 Å². The maximum Gasteiger partial charge on any atom is 0.155 e. The van der Waals surface area contributed by atoms with Gasteiger partial charge in [-0.2, -0.15) is 5.10 Å². The molecule has 0 amide bonds. The Balaban J connectivity index is 1.51. The SMILES string of the molecule is COCCN1CCC(c2nc3ccc(-c4cccc(F)c4)cn3n2)CC1. The van der Waals surface area contributed by atoms with Gasteiger partial charge >= 0.3 is 0 Å². The molecule has 1 fully saturated rings. The molecule has 2 aromatic heterocycles. The predicted octanol–water partition coefficient (Wildman–Crippen LogP) is 3.36. The van der Waals surface area contributed by atoms with Crippen molar-refractivity contribution in [3.8, 4) is 11.1 Å². The van der Waals surface area contributed by atoms with Crippen molar-refractivity contribution >= 4 is 5.65 Å². The van der Waals surface area contributed by atoms with Gasteiger partial charge in [0.15, 0.2) is 11.5 Å². The van der Waals surface area contributed by atoms with E-state index in [0.29, 0.717) is 5.92 Å². The monoisotopic (exact) mass is 354 g/mol. The van der Waals surface area contributed by atoms with Crippen LogP contribution in [-0.4, -0.2) is 52.8 Å². The van der Waals surface area contributed by atoms with Gasteiger partial charge in [-0.25, -0.2) is 13.9 Å². The third-order valence-electron chi connectivity index (χ3n) is 5.07. The zero-order chi connectivity index (χ0) is 17.9.